The number of nitrogens with one attached hydrogen (secondary N) is 1. The van der Waals surface area contributed by atoms with E-state index in [4.69, 9.17) is 10.2 Å². The largest absolute Gasteiger partial charge is 0.406 e. The lowest BCUT2D eigenvalue weighted by Crippen LogP contribution is -2.05. The van der Waals surface area contributed by atoms with Crippen LogP contribution in [0.1, 0.15) is 23.9 Å². The van der Waals surface area contributed by atoms with Crippen LogP contribution in [0.3, 0.4) is 0 Å². The Balaban J connectivity index is 1.81. The van der Waals surface area contributed by atoms with Crippen LogP contribution in [0, 0.1) is 0 Å². The molecular formula is C9H13N5OS. The lowest BCUT2D eigenvalue weighted by atomic mass is 10.4. The first-order valence-electron chi connectivity index (χ1n) is 4.97. The van der Waals surface area contributed by atoms with Crippen LogP contribution >= 0.6 is 11.3 Å². The third-order valence-corrected chi connectivity index (χ3v) is 2.77. The standard InChI is InChI=1S/C9H13N5OS/c1-6(10)8-13-14-9(15-8)12-3-2-7-11-4-5-16-7/h4-6H,2-3,10H2,1H3,(H,12,14). The lowest BCUT2D eigenvalue weighted by Gasteiger charge is -1.98. The molecule has 0 aliphatic heterocycles. The highest BCUT2D eigenvalue weighted by Gasteiger charge is 2.09. The van der Waals surface area contributed by atoms with Crippen molar-refractivity contribution in [3.63, 3.8) is 0 Å². The van der Waals surface area contributed by atoms with Crippen molar-refractivity contribution < 1.29 is 4.42 Å². The number of thiazole rings is 1. The third-order valence-electron chi connectivity index (χ3n) is 1.93. The molecule has 0 saturated heterocycles. The van der Waals surface area contributed by atoms with Gasteiger partial charge in [-0.2, -0.15) is 0 Å². The first-order valence-corrected chi connectivity index (χ1v) is 5.85. The summed E-state index contributed by atoms with van der Waals surface area (Å²) in [5.41, 5.74) is 5.60. The van der Waals surface area contributed by atoms with Crippen LogP contribution in [0.2, 0.25) is 0 Å². The second kappa shape index (κ2) is 5.04. The number of hydrogen-bond acceptors (Lipinski definition) is 7. The van der Waals surface area contributed by atoms with Crippen molar-refractivity contribution >= 4 is 17.4 Å². The first-order chi connectivity index (χ1) is 7.75. The van der Waals surface area contributed by atoms with E-state index in [1.807, 2.05) is 5.38 Å². The fraction of sp³-hybridized carbons (Fsp3) is 0.444. The van der Waals surface area contributed by atoms with Crippen LogP contribution in [-0.2, 0) is 6.42 Å². The van der Waals surface area contributed by atoms with Gasteiger partial charge in [-0.25, -0.2) is 4.98 Å². The Hall–Kier alpha value is -1.47. The number of anilines is 1. The predicted molar refractivity (Wildman–Crippen MR) is 61.2 cm³/mol. The quantitative estimate of drug-likeness (QED) is 0.814. The monoisotopic (exact) mass is 239 g/mol. The molecule has 86 valence electrons. The van der Waals surface area contributed by atoms with Gasteiger partial charge in [-0.1, -0.05) is 5.10 Å². The van der Waals surface area contributed by atoms with Gasteiger partial charge in [0.15, 0.2) is 0 Å². The Bertz CT molecular complexity index is 425. The summed E-state index contributed by atoms with van der Waals surface area (Å²) < 4.78 is 5.29. The summed E-state index contributed by atoms with van der Waals surface area (Å²) in [5, 5.41) is 13.7. The van der Waals surface area contributed by atoms with E-state index in [0.717, 1.165) is 11.4 Å². The van der Waals surface area contributed by atoms with Gasteiger partial charge in [0.25, 0.3) is 0 Å². The molecule has 0 fully saturated rings. The van der Waals surface area contributed by atoms with Crippen molar-refractivity contribution in [3.05, 3.63) is 22.5 Å². The Morgan fingerprint density at radius 3 is 3.06 bits per heavy atom. The van der Waals surface area contributed by atoms with Crippen LogP contribution in [-0.4, -0.2) is 21.7 Å². The third kappa shape index (κ3) is 2.77. The normalized spacial score (nSPS) is 12.6. The molecule has 1 atom stereocenters. The Kier molecular flexibility index (Phi) is 3.47. The summed E-state index contributed by atoms with van der Waals surface area (Å²) in [7, 11) is 0. The Labute approximate surface area is 96.9 Å². The first kappa shape index (κ1) is 11.0. The average Bonchev–Trinajstić information content (AvgIpc) is 2.87. The highest BCUT2D eigenvalue weighted by molar-refractivity contribution is 7.09. The van der Waals surface area contributed by atoms with Crippen molar-refractivity contribution in [3.8, 4) is 0 Å². The zero-order valence-electron chi connectivity index (χ0n) is 8.88. The van der Waals surface area contributed by atoms with E-state index >= 15 is 0 Å². The Morgan fingerprint density at radius 1 is 1.56 bits per heavy atom. The molecule has 0 radical (unpaired) electrons. The second-order valence-corrected chi connectivity index (χ2v) is 4.32. The topological polar surface area (TPSA) is 89.9 Å². The highest BCUT2D eigenvalue weighted by Crippen LogP contribution is 2.11. The number of nitrogens with two attached hydrogens (primary N) is 1. The molecule has 2 heterocycles. The van der Waals surface area contributed by atoms with Crippen LogP contribution in [0.4, 0.5) is 6.01 Å². The van der Waals surface area contributed by atoms with E-state index < -0.39 is 0 Å². The van der Waals surface area contributed by atoms with Crippen LogP contribution in [0.15, 0.2) is 16.0 Å². The zero-order chi connectivity index (χ0) is 11.4. The molecule has 2 aromatic heterocycles. The van der Waals surface area contributed by atoms with Crippen molar-refractivity contribution in [2.75, 3.05) is 11.9 Å². The van der Waals surface area contributed by atoms with Gasteiger partial charge in [0.05, 0.1) is 11.0 Å². The molecule has 0 aromatic carbocycles. The smallest absolute Gasteiger partial charge is 0.315 e. The van der Waals surface area contributed by atoms with Gasteiger partial charge in [0.1, 0.15) is 0 Å². The van der Waals surface area contributed by atoms with Gasteiger partial charge in [-0.3, -0.25) is 0 Å². The van der Waals surface area contributed by atoms with Gasteiger partial charge >= 0.3 is 6.01 Å². The lowest BCUT2D eigenvalue weighted by molar-refractivity contribution is 0.473. The molecule has 6 nitrogen and oxygen atoms in total. The summed E-state index contributed by atoms with van der Waals surface area (Å²) in [4.78, 5) is 4.17. The van der Waals surface area contributed by atoms with E-state index in [0.29, 0.717) is 18.5 Å². The van der Waals surface area contributed by atoms with E-state index in [1.54, 1.807) is 24.5 Å². The average molecular weight is 239 g/mol. The van der Waals surface area contributed by atoms with Crippen LogP contribution in [0.5, 0.6) is 0 Å². The Morgan fingerprint density at radius 2 is 2.44 bits per heavy atom. The van der Waals surface area contributed by atoms with Gasteiger partial charge in [0.2, 0.25) is 5.89 Å². The van der Waals surface area contributed by atoms with Crippen molar-refractivity contribution in [2.45, 2.75) is 19.4 Å². The number of nitrogens with zero attached hydrogens (tertiary/aromatic N) is 3. The second-order valence-electron chi connectivity index (χ2n) is 3.34. The molecule has 0 aliphatic rings. The van der Waals surface area contributed by atoms with Crippen molar-refractivity contribution in [2.24, 2.45) is 5.73 Å². The molecule has 0 bridgehead atoms. The molecule has 0 aliphatic carbocycles. The molecule has 2 rings (SSSR count). The summed E-state index contributed by atoms with van der Waals surface area (Å²) in [6, 6.07) is 0.172. The maximum atomic E-state index is 5.60. The fourth-order valence-electron chi connectivity index (χ4n) is 1.14. The summed E-state index contributed by atoms with van der Waals surface area (Å²) in [5.74, 6) is 0.441. The summed E-state index contributed by atoms with van der Waals surface area (Å²) in [6.45, 7) is 2.51. The molecule has 2 aromatic rings. The molecule has 0 spiro atoms. The van der Waals surface area contributed by atoms with E-state index in [9.17, 15) is 0 Å². The SMILES string of the molecule is CC(N)c1nnc(NCCc2nccs2)o1. The molecule has 1 unspecified atom stereocenters. The van der Waals surface area contributed by atoms with E-state index in [-0.39, 0.29) is 6.04 Å². The molecule has 7 heteroatoms. The fourth-order valence-corrected chi connectivity index (χ4v) is 1.76. The number of rotatable bonds is 5. The molecule has 3 N–H and O–H groups in total. The zero-order valence-corrected chi connectivity index (χ0v) is 9.70. The van der Waals surface area contributed by atoms with Gasteiger partial charge in [-0.15, -0.1) is 16.4 Å². The van der Waals surface area contributed by atoms with Gasteiger partial charge in [-0.05, 0) is 6.92 Å². The van der Waals surface area contributed by atoms with Crippen LogP contribution < -0.4 is 11.1 Å². The number of hydrogen-bond donors (Lipinski definition) is 2. The molecule has 0 amide bonds. The molecule has 16 heavy (non-hydrogen) atoms. The van der Waals surface area contributed by atoms with Crippen molar-refractivity contribution in [1.29, 1.82) is 0 Å². The predicted octanol–water partition coefficient (Wildman–Crippen LogP) is 1.20. The minimum atomic E-state index is -0.234. The van der Waals surface area contributed by atoms with Gasteiger partial charge in [0, 0.05) is 24.5 Å². The molecule has 0 saturated carbocycles. The maximum absolute atomic E-state index is 5.60. The van der Waals surface area contributed by atoms with Crippen LogP contribution in [0.25, 0.3) is 0 Å². The minimum Gasteiger partial charge on any atom is -0.406 e. The summed E-state index contributed by atoms with van der Waals surface area (Å²) >= 11 is 1.63. The maximum Gasteiger partial charge on any atom is 0.315 e. The van der Waals surface area contributed by atoms with Gasteiger partial charge < -0.3 is 15.5 Å². The van der Waals surface area contributed by atoms with E-state index in [1.165, 1.54) is 0 Å². The highest BCUT2D eigenvalue weighted by atomic mass is 32.1. The minimum absolute atomic E-state index is 0.234. The number of aromatic nitrogens is 3. The van der Waals surface area contributed by atoms with E-state index in [2.05, 4.69) is 20.5 Å². The van der Waals surface area contributed by atoms with Crippen molar-refractivity contribution in [1.82, 2.24) is 15.2 Å². The summed E-state index contributed by atoms with van der Waals surface area (Å²) in [6.07, 6.45) is 2.63. The molecular weight excluding hydrogens is 226 g/mol.